The maximum atomic E-state index is 12.0. The van der Waals surface area contributed by atoms with Gasteiger partial charge in [-0.05, 0) is 39.4 Å². The number of morpholine rings is 1. The Labute approximate surface area is 116 Å². The lowest BCUT2D eigenvalue weighted by Gasteiger charge is -2.27. The third-order valence-corrected chi connectivity index (χ3v) is 4.09. The van der Waals surface area contributed by atoms with Crippen LogP contribution in [0.1, 0.15) is 25.7 Å². The summed E-state index contributed by atoms with van der Waals surface area (Å²) in [4.78, 5) is 16.3. The van der Waals surface area contributed by atoms with Crippen LogP contribution in [-0.4, -0.2) is 74.7 Å². The SMILES string of the molecule is CN1CCCC(NCCC(=O)N2CCOCC2)CC1. The predicted octanol–water partition coefficient (Wildman–Crippen LogP) is 0.309. The van der Waals surface area contributed by atoms with Crippen LogP contribution in [0.4, 0.5) is 0 Å². The summed E-state index contributed by atoms with van der Waals surface area (Å²) in [5.41, 5.74) is 0. The van der Waals surface area contributed by atoms with Crippen molar-refractivity contribution in [2.45, 2.75) is 31.7 Å². The molecule has 2 rings (SSSR count). The van der Waals surface area contributed by atoms with Crippen LogP contribution in [0.25, 0.3) is 0 Å². The molecule has 0 saturated carbocycles. The molecule has 2 fully saturated rings. The number of rotatable bonds is 4. The van der Waals surface area contributed by atoms with Gasteiger partial charge in [-0.25, -0.2) is 0 Å². The number of nitrogens with zero attached hydrogens (tertiary/aromatic N) is 2. The first-order chi connectivity index (χ1) is 9.25. The quantitative estimate of drug-likeness (QED) is 0.798. The Morgan fingerprint density at radius 3 is 2.79 bits per heavy atom. The lowest BCUT2D eigenvalue weighted by Crippen LogP contribution is -2.42. The summed E-state index contributed by atoms with van der Waals surface area (Å²) < 4.78 is 5.26. The van der Waals surface area contributed by atoms with Crippen LogP contribution < -0.4 is 5.32 Å². The molecule has 5 heteroatoms. The van der Waals surface area contributed by atoms with Gasteiger partial charge in [0.25, 0.3) is 0 Å². The molecular formula is C14H27N3O2. The van der Waals surface area contributed by atoms with E-state index in [-0.39, 0.29) is 5.91 Å². The standard InChI is InChI=1S/C14H27N3O2/c1-16-7-2-3-13(5-8-16)15-6-4-14(18)17-9-11-19-12-10-17/h13,15H,2-12H2,1H3. The Balaban J connectivity index is 1.61. The lowest BCUT2D eigenvalue weighted by molar-refractivity contribution is -0.135. The number of amides is 1. The molecule has 2 heterocycles. The molecule has 110 valence electrons. The zero-order chi connectivity index (χ0) is 13.5. The van der Waals surface area contributed by atoms with Crippen molar-refractivity contribution < 1.29 is 9.53 Å². The number of hydrogen-bond donors (Lipinski definition) is 1. The topological polar surface area (TPSA) is 44.8 Å². The van der Waals surface area contributed by atoms with Gasteiger partial charge in [-0.3, -0.25) is 4.79 Å². The molecule has 1 amide bonds. The van der Waals surface area contributed by atoms with Gasteiger partial charge < -0.3 is 19.9 Å². The summed E-state index contributed by atoms with van der Waals surface area (Å²) in [5, 5.41) is 3.55. The zero-order valence-electron chi connectivity index (χ0n) is 12.1. The molecule has 2 aliphatic rings. The van der Waals surface area contributed by atoms with Gasteiger partial charge in [-0.2, -0.15) is 0 Å². The van der Waals surface area contributed by atoms with Crippen LogP contribution in [0.5, 0.6) is 0 Å². The Bertz CT molecular complexity index is 280. The van der Waals surface area contributed by atoms with Crippen molar-refractivity contribution in [2.75, 3.05) is 53.0 Å². The van der Waals surface area contributed by atoms with E-state index in [2.05, 4.69) is 17.3 Å². The van der Waals surface area contributed by atoms with Gasteiger partial charge in [0.1, 0.15) is 0 Å². The van der Waals surface area contributed by atoms with E-state index in [4.69, 9.17) is 4.74 Å². The van der Waals surface area contributed by atoms with Gasteiger partial charge in [0, 0.05) is 32.1 Å². The number of likely N-dealkylation sites (tertiary alicyclic amines) is 1. The molecule has 1 N–H and O–H groups in total. The molecule has 0 radical (unpaired) electrons. The Morgan fingerprint density at radius 1 is 1.21 bits per heavy atom. The van der Waals surface area contributed by atoms with Crippen molar-refractivity contribution in [1.29, 1.82) is 0 Å². The van der Waals surface area contributed by atoms with Crippen molar-refractivity contribution in [3.05, 3.63) is 0 Å². The molecule has 5 nitrogen and oxygen atoms in total. The monoisotopic (exact) mass is 269 g/mol. The summed E-state index contributed by atoms with van der Waals surface area (Å²) in [5.74, 6) is 0.265. The average molecular weight is 269 g/mol. The molecular weight excluding hydrogens is 242 g/mol. The molecule has 19 heavy (non-hydrogen) atoms. The zero-order valence-corrected chi connectivity index (χ0v) is 12.1. The van der Waals surface area contributed by atoms with E-state index in [0.717, 1.165) is 26.2 Å². The summed E-state index contributed by atoms with van der Waals surface area (Å²) in [6.07, 6.45) is 4.30. The number of nitrogens with one attached hydrogen (secondary N) is 1. The first-order valence-corrected chi connectivity index (χ1v) is 7.53. The Morgan fingerprint density at radius 2 is 2.00 bits per heavy atom. The molecule has 0 aliphatic carbocycles. The summed E-state index contributed by atoms with van der Waals surface area (Å²) in [6, 6.07) is 0.586. The Hall–Kier alpha value is -0.650. The van der Waals surface area contributed by atoms with Crippen LogP contribution >= 0.6 is 0 Å². The minimum Gasteiger partial charge on any atom is -0.378 e. The van der Waals surface area contributed by atoms with Gasteiger partial charge in [-0.1, -0.05) is 0 Å². The van der Waals surface area contributed by atoms with E-state index >= 15 is 0 Å². The van der Waals surface area contributed by atoms with Crippen molar-refractivity contribution in [3.63, 3.8) is 0 Å². The normalized spacial score (nSPS) is 26.2. The van der Waals surface area contributed by atoms with Crippen LogP contribution in [-0.2, 0) is 9.53 Å². The molecule has 0 aromatic rings. The first kappa shape index (κ1) is 14.8. The van der Waals surface area contributed by atoms with Crippen LogP contribution in [0.3, 0.4) is 0 Å². The fourth-order valence-corrected chi connectivity index (χ4v) is 2.80. The molecule has 0 aromatic carbocycles. The van der Waals surface area contributed by atoms with E-state index in [1.54, 1.807) is 0 Å². The second-order valence-corrected chi connectivity index (χ2v) is 5.63. The maximum Gasteiger partial charge on any atom is 0.224 e. The molecule has 0 bridgehead atoms. The third-order valence-electron chi connectivity index (χ3n) is 4.09. The predicted molar refractivity (Wildman–Crippen MR) is 75.2 cm³/mol. The molecule has 0 spiro atoms. The smallest absolute Gasteiger partial charge is 0.224 e. The molecule has 2 aliphatic heterocycles. The van der Waals surface area contributed by atoms with Gasteiger partial charge in [0.15, 0.2) is 0 Å². The minimum atomic E-state index is 0.265. The van der Waals surface area contributed by atoms with E-state index in [0.29, 0.717) is 25.7 Å². The summed E-state index contributed by atoms with van der Waals surface area (Å²) >= 11 is 0. The minimum absolute atomic E-state index is 0.265. The fourth-order valence-electron chi connectivity index (χ4n) is 2.80. The van der Waals surface area contributed by atoms with Gasteiger partial charge >= 0.3 is 0 Å². The fraction of sp³-hybridized carbons (Fsp3) is 0.929. The van der Waals surface area contributed by atoms with Crippen LogP contribution in [0.2, 0.25) is 0 Å². The summed E-state index contributed by atoms with van der Waals surface area (Å²) in [6.45, 7) is 6.06. The molecule has 1 atom stereocenters. The molecule has 1 unspecified atom stereocenters. The highest BCUT2D eigenvalue weighted by molar-refractivity contribution is 5.76. The lowest BCUT2D eigenvalue weighted by atomic mass is 10.1. The van der Waals surface area contributed by atoms with Crippen molar-refractivity contribution in [3.8, 4) is 0 Å². The number of ether oxygens (including phenoxy) is 1. The highest BCUT2D eigenvalue weighted by atomic mass is 16.5. The van der Waals surface area contributed by atoms with Crippen molar-refractivity contribution in [1.82, 2.24) is 15.1 Å². The third kappa shape index (κ3) is 5.09. The van der Waals surface area contributed by atoms with Gasteiger partial charge in [0.2, 0.25) is 5.91 Å². The van der Waals surface area contributed by atoms with E-state index in [1.165, 1.54) is 25.8 Å². The van der Waals surface area contributed by atoms with Crippen molar-refractivity contribution in [2.24, 2.45) is 0 Å². The highest BCUT2D eigenvalue weighted by Crippen LogP contribution is 2.09. The second kappa shape index (κ2) is 7.82. The first-order valence-electron chi connectivity index (χ1n) is 7.53. The van der Waals surface area contributed by atoms with E-state index in [9.17, 15) is 4.79 Å². The van der Waals surface area contributed by atoms with Crippen LogP contribution in [0.15, 0.2) is 0 Å². The largest absolute Gasteiger partial charge is 0.378 e. The average Bonchev–Trinajstić information content (AvgIpc) is 2.65. The number of hydrogen-bond acceptors (Lipinski definition) is 4. The molecule has 2 saturated heterocycles. The Kier molecular flexibility index (Phi) is 6.07. The number of carbonyl (C=O) groups is 1. The molecule has 0 aromatic heterocycles. The van der Waals surface area contributed by atoms with E-state index < -0.39 is 0 Å². The maximum absolute atomic E-state index is 12.0. The number of carbonyl (C=O) groups excluding carboxylic acids is 1. The second-order valence-electron chi connectivity index (χ2n) is 5.63. The highest BCUT2D eigenvalue weighted by Gasteiger charge is 2.18. The van der Waals surface area contributed by atoms with Crippen LogP contribution in [0, 0.1) is 0 Å². The van der Waals surface area contributed by atoms with Crippen molar-refractivity contribution >= 4 is 5.91 Å². The van der Waals surface area contributed by atoms with Gasteiger partial charge in [0.05, 0.1) is 13.2 Å². The van der Waals surface area contributed by atoms with E-state index in [1.807, 2.05) is 4.90 Å². The van der Waals surface area contributed by atoms with Gasteiger partial charge in [-0.15, -0.1) is 0 Å². The summed E-state index contributed by atoms with van der Waals surface area (Å²) in [7, 11) is 2.18.